The van der Waals surface area contributed by atoms with Crippen LogP contribution in [-0.4, -0.2) is 44.3 Å². The first-order valence-electron chi connectivity index (χ1n) is 7.06. The number of allylic oxidation sites excluding steroid dienone is 1. The first kappa shape index (κ1) is 20.0. The number of nitriles is 1. The second-order valence-electron chi connectivity index (χ2n) is 5.03. The van der Waals surface area contributed by atoms with Crippen molar-refractivity contribution in [2.24, 2.45) is 0 Å². The largest absolute Gasteiger partial charge is 0.242 e. The second-order valence-corrected chi connectivity index (χ2v) is 9.93. The Kier molecular flexibility index (Phi) is 6.71. The Morgan fingerprint density at radius 1 is 1.20 bits per heavy atom. The van der Waals surface area contributed by atoms with Crippen LogP contribution in [0.3, 0.4) is 0 Å². The van der Waals surface area contributed by atoms with E-state index >= 15 is 0 Å². The lowest BCUT2D eigenvalue weighted by Gasteiger charge is -2.11. The highest BCUT2D eigenvalue weighted by atomic mass is 32.2. The van der Waals surface area contributed by atoms with Crippen molar-refractivity contribution in [1.82, 2.24) is 9.29 Å². The number of rotatable bonds is 6. The highest BCUT2D eigenvalue weighted by Gasteiger charge is 2.18. The molecule has 0 amide bonds. The van der Waals surface area contributed by atoms with Crippen LogP contribution in [0.5, 0.6) is 0 Å². The fourth-order valence-electron chi connectivity index (χ4n) is 2.00. The van der Waals surface area contributed by atoms with E-state index in [0.717, 1.165) is 15.5 Å². The van der Waals surface area contributed by atoms with E-state index in [-0.39, 0.29) is 4.90 Å². The van der Waals surface area contributed by atoms with Gasteiger partial charge in [0.05, 0.1) is 14.8 Å². The van der Waals surface area contributed by atoms with Crippen LogP contribution in [0.25, 0.3) is 16.8 Å². The third-order valence-electron chi connectivity index (χ3n) is 3.33. The molecule has 2 rings (SSSR count). The first-order valence-corrected chi connectivity index (χ1v) is 11.8. The fourth-order valence-corrected chi connectivity index (χ4v) is 5.22. The van der Waals surface area contributed by atoms with Gasteiger partial charge in [0, 0.05) is 25.0 Å². The molecule has 5 nitrogen and oxygen atoms in total. The summed E-state index contributed by atoms with van der Waals surface area (Å²) in [5.74, 6) is 0. The van der Waals surface area contributed by atoms with Crippen molar-refractivity contribution < 1.29 is 8.42 Å². The maximum Gasteiger partial charge on any atom is 0.242 e. The number of thioether (sulfide) groups is 2. The Hall–Kier alpha value is -1.31. The van der Waals surface area contributed by atoms with Gasteiger partial charge in [0.2, 0.25) is 10.0 Å². The number of hydrogen-bond donors (Lipinski definition) is 0. The van der Waals surface area contributed by atoms with Crippen molar-refractivity contribution in [1.29, 1.82) is 5.26 Å². The summed E-state index contributed by atoms with van der Waals surface area (Å²) in [6, 6.07) is 8.83. The molecule has 0 saturated carbocycles. The van der Waals surface area contributed by atoms with E-state index in [0.29, 0.717) is 10.6 Å². The zero-order valence-corrected chi connectivity index (χ0v) is 17.4. The monoisotopic (exact) mass is 411 g/mol. The normalized spacial score (nSPS) is 11.4. The molecule has 0 radical (unpaired) electrons. The highest BCUT2D eigenvalue weighted by molar-refractivity contribution is 8.22. The molecule has 0 fully saturated rings. The zero-order valence-electron chi connectivity index (χ0n) is 14.2. The summed E-state index contributed by atoms with van der Waals surface area (Å²) in [6.45, 7) is 0. The van der Waals surface area contributed by atoms with Gasteiger partial charge in [-0.05, 0) is 24.6 Å². The van der Waals surface area contributed by atoms with E-state index in [1.807, 2.05) is 17.9 Å². The molecule has 0 bridgehead atoms. The summed E-state index contributed by atoms with van der Waals surface area (Å²) < 4.78 is 26.3. The quantitative estimate of drug-likeness (QED) is 0.670. The minimum Gasteiger partial charge on any atom is -0.235 e. The van der Waals surface area contributed by atoms with Crippen molar-refractivity contribution in [2.75, 3.05) is 26.6 Å². The number of sulfonamides is 1. The van der Waals surface area contributed by atoms with E-state index in [4.69, 9.17) is 0 Å². The molecule has 1 aromatic heterocycles. The van der Waals surface area contributed by atoms with Crippen LogP contribution in [0.15, 0.2) is 38.8 Å². The predicted octanol–water partition coefficient (Wildman–Crippen LogP) is 3.98. The van der Waals surface area contributed by atoms with E-state index < -0.39 is 10.0 Å². The average Bonchev–Trinajstić information content (AvgIpc) is 3.09. The molecule has 0 saturated heterocycles. The zero-order chi connectivity index (χ0) is 18.6. The van der Waals surface area contributed by atoms with Crippen LogP contribution < -0.4 is 0 Å². The molecule has 132 valence electrons. The van der Waals surface area contributed by atoms with Crippen LogP contribution in [-0.2, 0) is 10.0 Å². The highest BCUT2D eigenvalue weighted by Crippen LogP contribution is 2.35. The minimum atomic E-state index is -3.45. The van der Waals surface area contributed by atoms with E-state index in [1.54, 1.807) is 24.3 Å². The standard InChI is InChI=1S/C16H17N3O2S4/c1-19(2)25(20,21)12-7-5-11(6-8-12)14-10-24-15(18-14)13(9-17)16(22-3)23-4/h5-8,10H,1-4H3. The van der Waals surface area contributed by atoms with Crippen LogP contribution in [0, 0.1) is 11.3 Å². The van der Waals surface area contributed by atoms with Crippen molar-refractivity contribution in [3.8, 4) is 17.3 Å². The molecule has 0 aliphatic rings. The van der Waals surface area contributed by atoms with Gasteiger partial charge < -0.3 is 0 Å². The van der Waals surface area contributed by atoms with Gasteiger partial charge in [0.25, 0.3) is 0 Å². The lowest BCUT2D eigenvalue weighted by Crippen LogP contribution is -2.22. The summed E-state index contributed by atoms with van der Waals surface area (Å²) in [5, 5.41) is 12.0. The topological polar surface area (TPSA) is 74.1 Å². The van der Waals surface area contributed by atoms with Gasteiger partial charge in [-0.25, -0.2) is 17.7 Å². The second kappa shape index (κ2) is 8.38. The van der Waals surface area contributed by atoms with Gasteiger partial charge in [-0.2, -0.15) is 5.26 Å². The summed E-state index contributed by atoms with van der Waals surface area (Å²) in [6.07, 6.45) is 3.86. The molecular weight excluding hydrogens is 394 g/mol. The van der Waals surface area contributed by atoms with E-state index in [9.17, 15) is 13.7 Å². The van der Waals surface area contributed by atoms with Gasteiger partial charge in [0.1, 0.15) is 16.6 Å². The molecule has 1 aromatic carbocycles. The Morgan fingerprint density at radius 2 is 1.80 bits per heavy atom. The van der Waals surface area contributed by atoms with Crippen LogP contribution >= 0.6 is 34.9 Å². The maximum absolute atomic E-state index is 12.1. The van der Waals surface area contributed by atoms with Crippen molar-refractivity contribution in [3.05, 3.63) is 38.9 Å². The molecular formula is C16H17N3O2S4. The maximum atomic E-state index is 12.1. The van der Waals surface area contributed by atoms with Gasteiger partial charge in [-0.3, -0.25) is 0 Å². The molecule has 9 heteroatoms. The fraction of sp³-hybridized carbons (Fsp3) is 0.250. The number of nitrogens with zero attached hydrogens (tertiary/aromatic N) is 3. The third-order valence-corrected chi connectivity index (χ3v) is 8.17. The minimum absolute atomic E-state index is 0.237. The number of hydrogen-bond acceptors (Lipinski definition) is 7. The molecule has 0 atom stereocenters. The third kappa shape index (κ3) is 4.27. The molecule has 0 spiro atoms. The van der Waals surface area contributed by atoms with E-state index in [1.165, 1.54) is 53.3 Å². The Morgan fingerprint density at radius 3 is 2.28 bits per heavy atom. The van der Waals surface area contributed by atoms with Crippen LogP contribution in [0.2, 0.25) is 0 Å². The Bertz CT molecular complexity index is 917. The van der Waals surface area contributed by atoms with Crippen LogP contribution in [0.4, 0.5) is 0 Å². The van der Waals surface area contributed by atoms with Crippen LogP contribution in [0.1, 0.15) is 5.01 Å². The summed E-state index contributed by atoms with van der Waals surface area (Å²) >= 11 is 4.46. The number of thiazole rings is 1. The lowest BCUT2D eigenvalue weighted by atomic mass is 10.2. The molecule has 1 heterocycles. The SMILES string of the molecule is CSC(SC)=C(C#N)c1nc(-c2ccc(S(=O)(=O)N(C)C)cc2)cs1. The first-order chi connectivity index (χ1) is 11.8. The van der Waals surface area contributed by atoms with Crippen molar-refractivity contribution in [3.63, 3.8) is 0 Å². The van der Waals surface area contributed by atoms with Gasteiger partial charge in [-0.1, -0.05) is 12.1 Å². The summed E-state index contributed by atoms with van der Waals surface area (Å²) in [7, 11) is -0.445. The molecule has 0 aliphatic carbocycles. The van der Waals surface area contributed by atoms with Crippen molar-refractivity contribution in [2.45, 2.75) is 4.90 Å². The van der Waals surface area contributed by atoms with Gasteiger partial charge in [-0.15, -0.1) is 34.9 Å². The van der Waals surface area contributed by atoms with E-state index in [2.05, 4.69) is 11.1 Å². The Labute approximate surface area is 160 Å². The average molecular weight is 412 g/mol. The molecule has 25 heavy (non-hydrogen) atoms. The smallest absolute Gasteiger partial charge is 0.235 e. The van der Waals surface area contributed by atoms with Gasteiger partial charge >= 0.3 is 0 Å². The molecule has 2 aromatic rings. The molecule has 0 aliphatic heterocycles. The summed E-state index contributed by atoms with van der Waals surface area (Å²) in [4.78, 5) is 4.78. The Balaban J connectivity index is 2.38. The number of benzene rings is 1. The number of aromatic nitrogens is 1. The predicted molar refractivity (Wildman–Crippen MR) is 108 cm³/mol. The van der Waals surface area contributed by atoms with Gasteiger partial charge in [0.15, 0.2) is 0 Å². The molecule has 0 unspecified atom stereocenters. The van der Waals surface area contributed by atoms with Crippen molar-refractivity contribution >= 4 is 50.5 Å². The molecule has 0 N–H and O–H groups in total. The summed E-state index contributed by atoms with van der Waals surface area (Å²) in [5.41, 5.74) is 2.11. The lowest BCUT2D eigenvalue weighted by molar-refractivity contribution is 0.521.